The number of benzene rings is 1. The fraction of sp³-hybridized carbons (Fsp3) is 0.500. The number of rotatable bonds is 2. The molecule has 0 saturated heterocycles. The molecule has 3 rings (SSSR count). The number of nitrogens with zero attached hydrogens (tertiary/aromatic N) is 1. The van der Waals surface area contributed by atoms with Gasteiger partial charge in [0.1, 0.15) is 0 Å². The van der Waals surface area contributed by atoms with E-state index in [-0.39, 0.29) is 12.1 Å². The lowest BCUT2D eigenvalue weighted by molar-refractivity contribution is 0.144. The SMILES string of the molecule is OC1CCCCCC1Nc1nc2ccccc2s1. The van der Waals surface area contributed by atoms with Gasteiger partial charge in [-0.05, 0) is 25.0 Å². The van der Waals surface area contributed by atoms with Crippen LogP contribution < -0.4 is 5.32 Å². The van der Waals surface area contributed by atoms with Gasteiger partial charge in [0.15, 0.2) is 5.13 Å². The molecule has 0 amide bonds. The maximum atomic E-state index is 10.1. The van der Waals surface area contributed by atoms with Crippen LogP contribution in [0.25, 0.3) is 10.2 Å². The molecule has 3 nitrogen and oxygen atoms in total. The molecular formula is C14H18N2OS. The van der Waals surface area contributed by atoms with Gasteiger partial charge in [0.2, 0.25) is 0 Å². The number of fused-ring (bicyclic) bond motifs is 1. The van der Waals surface area contributed by atoms with Gasteiger partial charge in [-0.2, -0.15) is 0 Å². The summed E-state index contributed by atoms with van der Waals surface area (Å²) < 4.78 is 1.20. The number of hydrogen-bond acceptors (Lipinski definition) is 4. The average molecular weight is 262 g/mol. The summed E-state index contributed by atoms with van der Waals surface area (Å²) in [6.45, 7) is 0. The van der Waals surface area contributed by atoms with E-state index in [0.717, 1.165) is 29.9 Å². The van der Waals surface area contributed by atoms with E-state index in [9.17, 15) is 5.11 Å². The number of para-hydroxylation sites is 1. The lowest BCUT2D eigenvalue weighted by Gasteiger charge is -2.21. The molecule has 0 bridgehead atoms. The molecule has 2 unspecified atom stereocenters. The summed E-state index contributed by atoms with van der Waals surface area (Å²) in [4.78, 5) is 4.57. The van der Waals surface area contributed by atoms with Gasteiger partial charge in [-0.1, -0.05) is 42.7 Å². The minimum Gasteiger partial charge on any atom is -0.391 e. The van der Waals surface area contributed by atoms with Crippen LogP contribution in [-0.4, -0.2) is 22.2 Å². The first kappa shape index (κ1) is 11.9. The molecule has 0 aliphatic heterocycles. The smallest absolute Gasteiger partial charge is 0.184 e. The first-order valence-corrected chi connectivity index (χ1v) is 7.45. The molecule has 2 atom stereocenters. The van der Waals surface area contributed by atoms with Crippen molar-refractivity contribution in [1.82, 2.24) is 4.98 Å². The van der Waals surface area contributed by atoms with Gasteiger partial charge >= 0.3 is 0 Å². The van der Waals surface area contributed by atoms with Crippen LogP contribution in [0.2, 0.25) is 0 Å². The summed E-state index contributed by atoms with van der Waals surface area (Å²) in [6.07, 6.45) is 5.27. The number of aromatic nitrogens is 1. The molecule has 18 heavy (non-hydrogen) atoms. The quantitative estimate of drug-likeness (QED) is 0.815. The Balaban J connectivity index is 1.78. The Bertz CT molecular complexity index is 492. The van der Waals surface area contributed by atoms with E-state index in [1.165, 1.54) is 17.5 Å². The van der Waals surface area contributed by atoms with Crippen LogP contribution in [0, 0.1) is 0 Å². The molecule has 96 valence electrons. The molecule has 1 heterocycles. The van der Waals surface area contributed by atoms with Gasteiger partial charge < -0.3 is 10.4 Å². The summed E-state index contributed by atoms with van der Waals surface area (Å²) >= 11 is 1.67. The highest BCUT2D eigenvalue weighted by Gasteiger charge is 2.22. The van der Waals surface area contributed by atoms with Gasteiger partial charge in [0.05, 0.1) is 22.4 Å². The van der Waals surface area contributed by atoms with Gasteiger partial charge in [-0.25, -0.2) is 4.98 Å². The second-order valence-corrected chi connectivity index (χ2v) is 5.97. The summed E-state index contributed by atoms with van der Waals surface area (Å²) in [7, 11) is 0. The standard InChI is InChI=1S/C14H18N2OS/c17-12-8-3-1-2-6-10(12)15-14-16-11-7-4-5-9-13(11)18-14/h4-5,7,9-10,12,17H,1-3,6,8H2,(H,15,16). The zero-order valence-electron chi connectivity index (χ0n) is 10.3. The third kappa shape index (κ3) is 2.49. The van der Waals surface area contributed by atoms with Crippen molar-refractivity contribution < 1.29 is 5.11 Å². The highest BCUT2D eigenvalue weighted by atomic mass is 32.1. The number of nitrogens with one attached hydrogen (secondary N) is 1. The molecule has 0 spiro atoms. The number of hydrogen-bond donors (Lipinski definition) is 2. The van der Waals surface area contributed by atoms with Crippen LogP contribution in [0.4, 0.5) is 5.13 Å². The fourth-order valence-corrected chi connectivity index (χ4v) is 3.48. The van der Waals surface area contributed by atoms with Crippen molar-refractivity contribution in [2.24, 2.45) is 0 Å². The lowest BCUT2D eigenvalue weighted by atomic mass is 10.1. The Morgan fingerprint density at radius 2 is 2.00 bits per heavy atom. The van der Waals surface area contributed by atoms with Crippen molar-refractivity contribution in [3.63, 3.8) is 0 Å². The topological polar surface area (TPSA) is 45.1 Å². The summed E-state index contributed by atoms with van der Waals surface area (Å²) in [6, 6.07) is 8.31. The van der Waals surface area contributed by atoms with Gasteiger partial charge in [-0.15, -0.1) is 0 Å². The first-order chi connectivity index (χ1) is 8.83. The van der Waals surface area contributed by atoms with Crippen LogP contribution in [0.3, 0.4) is 0 Å². The van der Waals surface area contributed by atoms with Crippen LogP contribution in [-0.2, 0) is 0 Å². The summed E-state index contributed by atoms with van der Waals surface area (Å²) in [5.41, 5.74) is 1.04. The molecule has 1 aliphatic carbocycles. The van der Waals surface area contributed by atoms with Gasteiger partial charge in [-0.3, -0.25) is 0 Å². The summed E-state index contributed by atoms with van der Waals surface area (Å²) in [5, 5.41) is 14.4. The largest absolute Gasteiger partial charge is 0.391 e. The zero-order chi connectivity index (χ0) is 12.4. The Morgan fingerprint density at radius 3 is 2.89 bits per heavy atom. The molecule has 1 saturated carbocycles. The Morgan fingerprint density at radius 1 is 1.17 bits per heavy atom. The Labute approximate surface area is 111 Å². The zero-order valence-corrected chi connectivity index (χ0v) is 11.1. The van der Waals surface area contributed by atoms with Crippen LogP contribution in [0.15, 0.2) is 24.3 Å². The fourth-order valence-electron chi connectivity index (χ4n) is 2.55. The number of thiazole rings is 1. The predicted molar refractivity (Wildman–Crippen MR) is 76.1 cm³/mol. The van der Waals surface area contributed by atoms with Crippen molar-refractivity contribution in [2.45, 2.75) is 44.2 Å². The van der Waals surface area contributed by atoms with Gasteiger partial charge in [0.25, 0.3) is 0 Å². The molecule has 1 fully saturated rings. The summed E-state index contributed by atoms with van der Waals surface area (Å²) in [5.74, 6) is 0. The van der Waals surface area contributed by atoms with Gasteiger partial charge in [0, 0.05) is 0 Å². The maximum absolute atomic E-state index is 10.1. The average Bonchev–Trinajstić information content (AvgIpc) is 2.68. The first-order valence-electron chi connectivity index (χ1n) is 6.63. The normalized spacial score (nSPS) is 24.9. The molecule has 1 aliphatic rings. The monoisotopic (exact) mass is 262 g/mol. The highest BCUT2D eigenvalue weighted by molar-refractivity contribution is 7.22. The molecule has 1 aromatic heterocycles. The maximum Gasteiger partial charge on any atom is 0.184 e. The molecular weight excluding hydrogens is 244 g/mol. The molecule has 0 radical (unpaired) electrons. The Kier molecular flexibility index (Phi) is 3.48. The van der Waals surface area contributed by atoms with E-state index in [1.54, 1.807) is 11.3 Å². The van der Waals surface area contributed by atoms with E-state index in [1.807, 2.05) is 18.2 Å². The lowest BCUT2D eigenvalue weighted by Crippen LogP contribution is -2.32. The van der Waals surface area contributed by atoms with Crippen LogP contribution >= 0.6 is 11.3 Å². The molecule has 4 heteroatoms. The highest BCUT2D eigenvalue weighted by Crippen LogP contribution is 2.28. The van der Waals surface area contributed by atoms with Crippen molar-refractivity contribution in [3.8, 4) is 0 Å². The second kappa shape index (κ2) is 5.24. The van der Waals surface area contributed by atoms with E-state index >= 15 is 0 Å². The van der Waals surface area contributed by atoms with Crippen molar-refractivity contribution in [1.29, 1.82) is 0 Å². The minimum atomic E-state index is -0.237. The number of aliphatic hydroxyl groups is 1. The molecule has 2 N–H and O–H groups in total. The number of anilines is 1. The van der Waals surface area contributed by atoms with E-state index in [4.69, 9.17) is 0 Å². The van der Waals surface area contributed by atoms with Crippen molar-refractivity contribution >= 4 is 26.7 Å². The van der Waals surface area contributed by atoms with Crippen molar-refractivity contribution in [3.05, 3.63) is 24.3 Å². The second-order valence-electron chi connectivity index (χ2n) is 4.94. The van der Waals surface area contributed by atoms with E-state index in [0.29, 0.717) is 0 Å². The molecule has 1 aromatic carbocycles. The van der Waals surface area contributed by atoms with E-state index in [2.05, 4.69) is 16.4 Å². The Hall–Kier alpha value is -1.13. The molecule has 2 aromatic rings. The third-order valence-electron chi connectivity index (χ3n) is 3.58. The van der Waals surface area contributed by atoms with Crippen LogP contribution in [0.1, 0.15) is 32.1 Å². The van der Waals surface area contributed by atoms with E-state index < -0.39 is 0 Å². The third-order valence-corrected chi connectivity index (χ3v) is 4.55. The number of aliphatic hydroxyl groups excluding tert-OH is 1. The predicted octanol–water partition coefficient (Wildman–Crippen LogP) is 3.40. The van der Waals surface area contributed by atoms with Crippen molar-refractivity contribution in [2.75, 3.05) is 5.32 Å². The minimum absolute atomic E-state index is 0.160. The van der Waals surface area contributed by atoms with Crippen LogP contribution in [0.5, 0.6) is 0 Å².